The normalized spacial score (nSPS) is 14.0. The maximum atomic E-state index is 13.5. The minimum Gasteiger partial charge on any atom is -0.369 e. The summed E-state index contributed by atoms with van der Waals surface area (Å²) in [7, 11) is 0. The minimum atomic E-state index is -4.62. The maximum absolute atomic E-state index is 13.5. The van der Waals surface area contributed by atoms with Crippen molar-refractivity contribution in [1.29, 1.82) is 0 Å². The smallest absolute Gasteiger partial charge is 0.369 e. The second-order valence-corrected chi connectivity index (χ2v) is 6.88. The number of nitrogens with zero attached hydrogens (tertiary/aromatic N) is 2. The molecule has 4 rings (SSSR count). The van der Waals surface area contributed by atoms with Crippen LogP contribution in [0.25, 0.3) is 16.9 Å². The van der Waals surface area contributed by atoms with Gasteiger partial charge in [0.1, 0.15) is 5.82 Å². The van der Waals surface area contributed by atoms with E-state index in [0.717, 1.165) is 28.9 Å². The number of hydrogen-bond donors (Lipinski definition) is 1. The maximum Gasteiger partial charge on any atom is 0.418 e. The molecule has 10 heteroatoms. The van der Waals surface area contributed by atoms with Crippen LogP contribution in [0.2, 0.25) is 5.02 Å². The van der Waals surface area contributed by atoms with Gasteiger partial charge in [0.05, 0.1) is 27.5 Å². The van der Waals surface area contributed by atoms with Gasteiger partial charge in [-0.25, -0.2) is 4.68 Å². The third-order valence-electron chi connectivity index (χ3n) is 4.64. The van der Waals surface area contributed by atoms with Crippen LogP contribution < -0.4 is 5.32 Å². The number of alkyl halides is 6. The molecule has 0 saturated carbocycles. The Bertz CT molecular complexity index is 1080. The summed E-state index contributed by atoms with van der Waals surface area (Å²) in [5.41, 5.74) is -1.38. The Labute approximate surface area is 165 Å². The fourth-order valence-electron chi connectivity index (χ4n) is 3.35. The van der Waals surface area contributed by atoms with Gasteiger partial charge < -0.3 is 5.32 Å². The minimum absolute atomic E-state index is 0.0182. The summed E-state index contributed by atoms with van der Waals surface area (Å²) in [6.45, 7) is 0.422. The first-order valence-electron chi connectivity index (χ1n) is 8.47. The van der Waals surface area contributed by atoms with Gasteiger partial charge >= 0.3 is 12.4 Å². The van der Waals surface area contributed by atoms with Gasteiger partial charge in [-0.2, -0.15) is 31.4 Å². The molecule has 0 unspecified atom stereocenters. The van der Waals surface area contributed by atoms with Crippen molar-refractivity contribution in [3.8, 4) is 16.9 Å². The van der Waals surface area contributed by atoms with Crippen LogP contribution in [-0.4, -0.2) is 16.3 Å². The van der Waals surface area contributed by atoms with Crippen molar-refractivity contribution in [1.82, 2.24) is 9.78 Å². The van der Waals surface area contributed by atoms with E-state index in [1.54, 1.807) is 0 Å². The van der Waals surface area contributed by atoms with Gasteiger partial charge in [-0.15, -0.1) is 0 Å². The summed E-state index contributed by atoms with van der Waals surface area (Å²) in [6, 6.07) is 7.70. The summed E-state index contributed by atoms with van der Waals surface area (Å²) in [5.74, 6) is 0.310. The Kier molecular flexibility index (Phi) is 4.53. The predicted octanol–water partition coefficient (Wildman–Crippen LogP) is 6.20. The molecule has 1 aliphatic rings. The molecule has 0 radical (unpaired) electrons. The van der Waals surface area contributed by atoms with Crippen molar-refractivity contribution in [3.05, 3.63) is 64.2 Å². The number of rotatable bonds is 2. The van der Waals surface area contributed by atoms with E-state index in [-0.39, 0.29) is 22.0 Å². The van der Waals surface area contributed by atoms with Gasteiger partial charge in [-0.05, 0) is 36.8 Å². The molecule has 0 aliphatic carbocycles. The Hall–Kier alpha value is -2.68. The van der Waals surface area contributed by atoms with Crippen molar-refractivity contribution in [3.63, 3.8) is 0 Å². The Morgan fingerprint density at radius 2 is 1.69 bits per heavy atom. The highest BCUT2D eigenvalue weighted by molar-refractivity contribution is 6.33. The predicted molar refractivity (Wildman–Crippen MR) is 96.2 cm³/mol. The molecule has 0 bridgehead atoms. The third kappa shape index (κ3) is 3.43. The van der Waals surface area contributed by atoms with Crippen LogP contribution in [0, 0.1) is 0 Å². The van der Waals surface area contributed by atoms with E-state index in [2.05, 4.69) is 10.4 Å². The number of anilines is 1. The molecule has 152 valence electrons. The van der Waals surface area contributed by atoms with Crippen LogP contribution in [-0.2, 0) is 18.8 Å². The first kappa shape index (κ1) is 19.6. The van der Waals surface area contributed by atoms with E-state index in [0.29, 0.717) is 24.3 Å². The average Bonchev–Trinajstić information content (AvgIpc) is 3.23. The van der Waals surface area contributed by atoms with Crippen molar-refractivity contribution in [2.24, 2.45) is 0 Å². The van der Waals surface area contributed by atoms with Crippen molar-refractivity contribution >= 4 is 17.4 Å². The molecular formula is C19H12ClF6N3. The number of hydrogen-bond acceptors (Lipinski definition) is 2. The van der Waals surface area contributed by atoms with Gasteiger partial charge in [0.25, 0.3) is 0 Å². The first-order chi connectivity index (χ1) is 13.6. The van der Waals surface area contributed by atoms with Crippen LogP contribution in [0.15, 0.2) is 42.5 Å². The van der Waals surface area contributed by atoms with E-state index in [9.17, 15) is 26.3 Å². The molecule has 0 amide bonds. The second kappa shape index (κ2) is 6.69. The largest absolute Gasteiger partial charge is 0.418 e. The Morgan fingerprint density at radius 1 is 0.966 bits per heavy atom. The van der Waals surface area contributed by atoms with Gasteiger partial charge in [-0.1, -0.05) is 23.7 Å². The number of aromatic nitrogens is 2. The molecule has 29 heavy (non-hydrogen) atoms. The van der Waals surface area contributed by atoms with Crippen LogP contribution in [0.3, 0.4) is 0 Å². The molecule has 0 saturated heterocycles. The van der Waals surface area contributed by atoms with Crippen molar-refractivity contribution in [2.45, 2.75) is 18.8 Å². The highest BCUT2D eigenvalue weighted by atomic mass is 35.5. The van der Waals surface area contributed by atoms with Gasteiger partial charge in [0, 0.05) is 17.7 Å². The van der Waals surface area contributed by atoms with E-state index >= 15 is 0 Å². The molecule has 0 atom stereocenters. The fourth-order valence-corrected chi connectivity index (χ4v) is 3.55. The molecule has 3 nitrogen and oxygen atoms in total. The zero-order chi connectivity index (χ0) is 21.0. The van der Waals surface area contributed by atoms with Crippen LogP contribution >= 0.6 is 11.6 Å². The SMILES string of the molecule is FC(F)(F)c1ccc(Cl)c(-c2nn(-c3ccccc3C(F)(F)F)c3c2CCN3)c1. The molecule has 0 fully saturated rings. The van der Waals surface area contributed by atoms with Crippen LogP contribution in [0.1, 0.15) is 16.7 Å². The lowest BCUT2D eigenvalue weighted by Gasteiger charge is -2.14. The molecule has 3 aromatic rings. The lowest BCUT2D eigenvalue weighted by Crippen LogP contribution is -2.13. The number of halogens is 7. The first-order valence-corrected chi connectivity index (χ1v) is 8.84. The fraction of sp³-hybridized carbons (Fsp3) is 0.211. The van der Waals surface area contributed by atoms with E-state index < -0.39 is 23.5 Å². The van der Waals surface area contributed by atoms with Crippen LogP contribution in [0.5, 0.6) is 0 Å². The van der Waals surface area contributed by atoms with Gasteiger partial charge in [0.2, 0.25) is 0 Å². The molecule has 0 spiro atoms. The van der Waals surface area contributed by atoms with E-state index in [1.807, 2.05) is 0 Å². The van der Waals surface area contributed by atoms with Gasteiger partial charge in [0.15, 0.2) is 0 Å². The lowest BCUT2D eigenvalue weighted by atomic mass is 10.0. The standard InChI is InChI=1S/C19H12ClF6N3/c20-14-6-5-10(18(21,22)23)9-12(14)16-11-7-8-27-17(11)29(28-16)15-4-2-1-3-13(15)19(24,25)26/h1-6,9,27H,7-8H2. The van der Waals surface area contributed by atoms with Crippen molar-refractivity contribution in [2.75, 3.05) is 11.9 Å². The summed E-state index contributed by atoms with van der Waals surface area (Å²) >= 11 is 6.12. The monoisotopic (exact) mass is 431 g/mol. The summed E-state index contributed by atoms with van der Waals surface area (Å²) in [6.07, 6.45) is -8.82. The topological polar surface area (TPSA) is 29.9 Å². The van der Waals surface area contributed by atoms with Crippen molar-refractivity contribution < 1.29 is 26.3 Å². The quantitative estimate of drug-likeness (QED) is 0.490. The van der Waals surface area contributed by atoms with Gasteiger partial charge in [-0.3, -0.25) is 0 Å². The molecule has 2 heterocycles. The third-order valence-corrected chi connectivity index (χ3v) is 4.97. The highest BCUT2D eigenvalue weighted by Crippen LogP contribution is 2.42. The molecule has 1 aliphatic heterocycles. The average molecular weight is 432 g/mol. The summed E-state index contributed by atoms with van der Waals surface area (Å²) in [4.78, 5) is 0. The molecule has 2 aromatic carbocycles. The number of nitrogens with one attached hydrogen (secondary N) is 1. The molecule has 1 N–H and O–H groups in total. The summed E-state index contributed by atoms with van der Waals surface area (Å²) < 4.78 is 80.9. The number of fused-ring (bicyclic) bond motifs is 1. The van der Waals surface area contributed by atoms with Crippen LogP contribution in [0.4, 0.5) is 32.2 Å². The second-order valence-electron chi connectivity index (χ2n) is 6.47. The molecule has 1 aromatic heterocycles. The number of benzene rings is 2. The zero-order valence-corrected chi connectivity index (χ0v) is 15.3. The van der Waals surface area contributed by atoms with E-state index in [1.165, 1.54) is 18.2 Å². The Balaban J connectivity index is 1.94. The summed E-state index contributed by atoms with van der Waals surface area (Å²) in [5, 5.41) is 7.23. The lowest BCUT2D eigenvalue weighted by molar-refractivity contribution is -0.138. The Morgan fingerprint density at radius 3 is 2.38 bits per heavy atom. The molecular weight excluding hydrogens is 420 g/mol. The highest BCUT2D eigenvalue weighted by Gasteiger charge is 2.36. The number of para-hydroxylation sites is 1. The van der Waals surface area contributed by atoms with E-state index in [4.69, 9.17) is 11.6 Å². The zero-order valence-electron chi connectivity index (χ0n) is 14.5.